The Balaban J connectivity index is 2.07. The largest absolute Gasteiger partial charge is 0.378 e. The highest BCUT2D eigenvalue weighted by molar-refractivity contribution is 5.15. The first-order chi connectivity index (χ1) is 7.74. The Labute approximate surface area is 97.2 Å². The molecule has 1 fully saturated rings. The van der Waals surface area contributed by atoms with Crippen LogP contribution in [0.4, 0.5) is 0 Å². The summed E-state index contributed by atoms with van der Waals surface area (Å²) in [6.45, 7) is 6.27. The zero-order chi connectivity index (χ0) is 11.4. The summed E-state index contributed by atoms with van der Waals surface area (Å²) in [5.74, 6) is 0. The molecule has 1 saturated heterocycles. The summed E-state index contributed by atoms with van der Waals surface area (Å²) in [7, 11) is 0. The molecule has 1 aliphatic rings. The molecule has 0 bridgehead atoms. The maximum Gasteiger partial charge on any atom is 0.0660 e. The number of nitrogens with two attached hydrogens (primary N) is 1. The molecule has 1 aliphatic heterocycles. The molecule has 3 heteroatoms. The Morgan fingerprint density at radius 3 is 2.81 bits per heavy atom. The molecule has 88 valence electrons. The number of hydrogen-bond acceptors (Lipinski definition) is 3. The van der Waals surface area contributed by atoms with E-state index in [-0.39, 0.29) is 5.54 Å². The summed E-state index contributed by atoms with van der Waals surface area (Å²) in [4.78, 5) is 2.42. The maximum absolute atomic E-state index is 5.86. The summed E-state index contributed by atoms with van der Waals surface area (Å²) in [6.07, 6.45) is 0. The zero-order valence-corrected chi connectivity index (χ0v) is 9.86. The van der Waals surface area contributed by atoms with Crippen molar-refractivity contribution < 1.29 is 4.74 Å². The second-order valence-corrected chi connectivity index (χ2v) is 4.66. The second-order valence-electron chi connectivity index (χ2n) is 4.66. The van der Waals surface area contributed by atoms with Gasteiger partial charge in [-0.1, -0.05) is 30.3 Å². The van der Waals surface area contributed by atoms with Crippen molar-refractivity contribution in [2.75, 3.05) is 26.3 Å². The van der Waals surface area contributed by atoms with Crippen LogP contribution in [0.1, 0.15) is 12.5 Å². The molecule has 0 radical (unpaired) electrons. The number of nitrogens with zero attached hydrogens (tertiary/aromatic N) is 1. The lowest BCUT2D eigenvalue weighted by atomic mass is 9.99. The lowest BCUT2D eigenvalue weighted by molar-refractivity contribution is -0.0598. The van der Waals surface area contributed by atoms with Crippen molar-refractivity contribution in [2.24, 2.45) is 5.73 Å². The van der Waals surface area contributed by atoms with Crippen LogP contribution in [-0.2, 0) is 11.3 Å². The molecule has 2 rings (SSSR count). The molecular weight excluding hydrogens is 200 g/mol. The van der Waals surface area contributed by atoms with E-state index >= 15 is 0 Å². The molecule has 16 heavy (non-hydrogen) atoms. The van der Waals surface area contributed by atoms with Gasteiger partial charge in [0.1, 0.15) is 0 Å². The van der Waals surface area contributed by atoms with E-state index in [1.165, 1.54) is 5.56 Å². The molecule has 1 unspecified atom stereocenters. The highest BCUT2D eigenvalue weighted by Gasteiger charge is 2.33. The molecule has 0 spiro atoms. The van der Waals surface area contributed by atoms with Gasteiger partial charge in [-0.05, 0) is 12.5 Å². The average Bonchev–Trinajstić information content (AvgIpc) is 2.34. The second kappa shape index (κ2) is 4.95. The van der Waals surface area contributed by atoms with Gasteiger partial charge in [0.25, 0.3) is 0 Å². The lowest BCUT2D eigenvalue weighted by Gasteiger charge is -2.44. The number of morpholine rings is 1. The Hall–Kier alpha value is -0.900. The first-order valence-electron chi connectivity index (χ1n) is 5.81. The van der Waals surface area contributed by atoms with Gasteiger partial charge in [-0.15, -0.1) is 0 Å². The minimum atomic E-state index is -0.0198. The molecule has 0 amide bonds. The van der Waals surface area contributed by atoms with Crippen LogP contribution in [0.2, 0.25) is 0 Å². The molecule has 1 atom stereocenters. The molecule has 0 aliphatic carbocycles. The molecule has 1 aromatic carbocycles. The SMILES string of the molecule is CC1(CN)COCCN1Cc1ccccc1. The molecule has 1 heterocycles. The summed E-state index contributed by atoms with van der Waals surface area (Å²) in [6, 6.07) is 10.5. The van der Waals surface area contributed by atoms with Crippen molar-refractivity contribution in [3.63, 3.8) is 0 Å². The Morgan fingerprint density at radius 2 is 2.12 bits per heavy atom. The van der Waals surface area contributed by atoms with Crippen LogP contribution in [0.25, 0.3) is 0 Å². The predicted octanol–water partition coefficient (Wildman–Crippen LogP) is 1.24. The quantitative estimate of drug-likeness (QED) is 0.833. The third kappa shape index (κ3) is 2.43. The average molecular weight is 220 g/mol. The fraction of sp³-hybridized carbons (Fsp3) is 0.538. The van der Waals surface area contributed by atoms with Crippen molar-refractivity contribution in [2.45, 2.75) is 19.0 Å². The van der Waals surface area contributed by atoms with E-state index in [1.807, 2.05) is 6.07 Å². The smallest absolute Gasteiger partial charge is 0.0660 e. The van der Waals surface area contributed by atoms with E-state index in [0.717, 1.165) is 26.3 Å². The van der Waals surface area contributed by atoms with Gasteiger partial charge in [-0.3, -0.25) is 4.90 Å². The van der Waals surface area contributed by atoms with E-state index < -0.39 is 0 Å². The van der Waals surface area contributed by atoms with E-state index in [1.54, 1.807) is 0 Å². The number of hydrogen-bond donors (Lipinski definition) is 1. The zero-order valence-electron chi connectivity index (χ0n) is 9.86. The first-order valence-corrected chi connectivity index (χ1v) is 5.81. The molecular formula is C13H20N2O. The summed E-state index contributed by atoms with van der Waals surface area (Å²) in [5.41, 5.74) is 7.18. The molecule has 0 saturated carbocycles. The van der Waals surface area contributed by atoms with E-state index in [4.69, 9.17) is 10.5 Å². The third-order valence-corrected chi connectivity index (χ3v) is 3.34. The predicted molar refractivity (Wildman–Crippen MR) is 65.1 cm³/mol. The van der Waals surface area contributed by atoms with Crippen molar-refractivity contribution >= 4 is 0 Å². The monoisotopic (exact) mass is 220 g/mol. The maximum atomic E-state index is 5.86. The fourth-order valence-corrected chi connectivity index (χ4v) is 2.09. The van der Waals surface area contributed by atoms with Crippen LogP contribution < -0.4 is 5.73 Å². The van der Waals surface area contributed by atoms with Crippen LogP contribution in [0.5, 0.6) is 0 Å². The minimum Gasteiger partial charge on any atom is -0.378 e. The first kappa shape index (κ1) is 11.6. The molecule has 1 aromatic rings. The summed E-state index contributed by atoms with van der Waals surface area (Å²) < 4.78 is 5.52. The van der Waals surface area contributed by atoms with Crippen LogP contribution in [0, 0.1) is 0 Å². The Kier molecular flexibility index (Phi) is 3.59. The van der Waals surface area contributed by atoms with Gasteiger partial charge in [0, 0.05) is 19.6 Å². The van der Waals surface area contributed by atoms with Gasteiger partial charge in [-0.2, -0.15) is 0 Å². The number of rotatable bonds is 3. The number of benzene rings is 1. The normalized spacial score (nSPS) is 26.9. The van der Waals surface area contributed by atoms with E-state index in [2.05, 4.69) is 36.1 Å². The Morgan fingerprint density at radius 1 is 1.38 bits per heavy atom. The summed E-state index contributed by atoms with van der Waals surface area (Å²) >= 11 is 0. The fourth-order valence-electron chi connectivity index (χ4n) is 2.09. The van der Waals surface area contributed by atoms with Crippen LogP contribution in [0.15, 0.2) is 30.3 Å². The van der Waals surface area contributed by atoms with Gasteiger partial charge in [0.05, 0.1) is 18.8 Å². The van der Waals surface area contributed by atoms with E-state index in [9.17, 15) is 0 Å². The lowest BCUT2D eigenvalue weighted by Crippen LogP contribution is -2.58. The molecule has 3 nitrogen and oxygen atoms in total. The van der Waals surface area contributed by atoms with Gasteiger partial charge < -0.3 is 10.5 Å². The number of ether oxygens (including phenoxy) is 1. The minimum absolute atomic E-state index is 0.0198. The van der Waals surface area contributed by atoms with Gasteiger partial charge in [0.2, 0.25) is 0 Å². The summed E-state index contributed by atoms with van der Waals surface area (Å²) in [5, 5.41) is 0. The van der Waals surface area contributed by atoms with Gasteiger partial charge in [-0.25, -0.2) is 0 Å². The van der Waals surface area contributed by atoms with Crippen LogP contribution in [-0.4, -0.2) is 36.7 Å². The third-order valence-electron chi connectivity index (χ3n) is 3.34. The standard InChI is InChI=1S/C13H20N2O/c1-13(10-14)11-16-8-7-15(13)9-12-5-3-2-4-6-12/h2-6H,7-11,14H2,1H3. The Bertz CT molecular complexity index is 328. The van der Waals surface area contributed by atoms with Gasteiger partial charge >= 0.3 is 0 Å². The van der Waals surface area contributed by atoms with Crippen LogP contribution >= 0.6 is 0 Å². The highest BCUT2D eigenvalue weighted by atomic mass is 16.5. The van der Waals surface area contributed by atoms with E-state index in [0.29, 0.717) is 6.54 Å². The molecule has 2 N–H and O–H groups in total. The van der Waals surface area contributed by atoms with Crippen molar-refractivity contribution in [1.29, 1.82) is 0 Å². The molecule has 0 aromatic heterocycles. The van der Waals surface area contributed by atoms with Crippen molar-refractivity contribution in [3.8, 4) is 0 Å². The van der Waals surface area contributed by atoms with Crippen molar-refractivity contribution in [3.05, 3.63) is 35.9 Å². The van der Waals surface area contributed by atoms with Crippen molar-refractivity contribution in [1.82, 2.24) is 4.90 Å². The highest BCUT2D eigenvalue weighted by Crippen LogP contribution is 2.21. The van der Waals surface area contributed by atoms with Gasteiger partial charge in [0.15, 0.2) is 0 Å². The van der Waals surface area contributed by atoms with Crippen LogP contribution in [0.3, 0.4) is 0 Å². The topological polar surface area (TPSA) is 38.5 Å².